The molecule has 2 rings (SSSR count). The van der Waals surface area contributed by atoms with E-state index in [2.05, 4.69) is 6.66 Å². The van der Waals surface area contributed by atoms with Crippen molar-refractivity contribution < 1.29 is 23.4 Å². The van der Waals surface area contributed by atoms with Gasteiger partial charge in [-0.2, -0.15) is 0 Å². The third kappa shape index (κ3) is 2.69. The van der Waals surface area contributed by atoms with E-state index < -0.39 is 7.14 Å². The molecule has 16 heavy (non-hydrogen) atoms. The standard InChI is InChI=1S/C13H12OP.Li/c1-15(14,12-8-4-2-5-9-12)13-10-6-3-7-11-13;/h2-11H,1H2;/q-1;+1. The minimum Gasteiger partial charge on any atom is -0.348 e. The summed E-state index contributed by atoms with van der Waals surface area (Å²) in [5.41, 5.74) is 0. The zero-order valence-electron chi connectivity index (χ0n) is 9.34. The SMILES string of the molecule is [CH2-]P(=O)(c1ccccc1)c1ccccc1.[Li+]. The summed E-state index contributed by atoms with van der Waals surface area (Å²) in [7, 11) is -2.65. The smallest absolute Gasteiger partial charge is 0.348 e. The van der Waals surface area contributed by atoms with E-state index in [9.17, 15) is 4.57 Å². The molecule has 3 heteroatoms. The van der Waals surface area contributed by atoms with E-state index in [0.29, 0.717) is 0 Å². The minimum atomic E-state index is -2.65. The summed E-state index contributed by atoms with van der Waals surface area (Å²) in [6.45, 7) is 3.87. The Labute approximate surface area is 108 Å². The molecule has 0 aliphatic carbocycles. The van der Waals surface area contributed by atoms with Gasteiger partial charge in [-0.3, -0.25) is 6.66 Å². The van der Waals surface area contributed by atoms with Crippen molar-refractivity contribution in [2.24, 2.45) is 0 Å². The maximum Gasteiger partial charge on any atom is 1.00 e. The molecule has 2 aromatic rings. The minimum absolute atomic E-state index is 0. The average Bonchev–Trinajstić information content (AvgIpc) is 2.31. The van der Waals surface area contributed by atoms with Gasteiger partial charge in [0.1, 0.15) is 0 Å². The third-order valence-corrected chi connectivity index (χ3v) is 4.61. The van der Waals surface area contributed by atoms with Gasteiger partial charge in [-0.25, -0.2) is 0 Å². The van der Waals surface area contributed by atoms with Crippen LogP contribution in [0.1, 0.15) is 0 Å². The molecule has 0 bridgehead atoms. The van der Waals surface area contributed by atoms with Gasteiger partial charge < -0.3 is 4.57 Å². The average molecular weight is 222 g/mol. The Bertz CT molecular complexity index is 438. The van der Waals surface area contributed by atoms with Crippen LogP contribution >= 0.6 is 7.14 Å². The van der Waals surface area contributed by atoms with E-state index in [0.717, 1.165) is 10.6 Å². The molecule has 0 N–H and O–H groups in total. The van der Waals surface area contributed by atoms with Crippen molar-refractivity contribution >= 4 is 17.8 Å². The van der Waals surface area contributed by atoms with Gasteiger partial charge in [0.2, 0.25) is 0 Å². The summed E-state index contributed by atoms with van der Waals surface area (Å²) in [5, 5.41) is 1.60. The van der Waals surface area contributed by atoms with Crippen molar-refractivity contribution in [1.29, 1.82) is 0 Å². The van der Waals surface area contributed by atoms with Gasteiger partial charge in [-0.1, -0.05) is 60.7 Å². The van der Waals surface area contributed by atoms with Crippen LogP contribution in [-0.4, -0.2) is 0 Å². The molecular formula is C13H12LiOP. The Morgan fingerprint density at radius 3 is 1.38 bits per heavy atom. The van der Waals surface area contributed by atoms with Gasteiger partial charge in [0, 0.05) is 7.14 Å². The van der Waals surface area contributed by atoms with Crippen LogP contribution in [0.25, 0.3) is 0 Å². The van der Waals surface area contributed by atoms with Crippen molar-refractivity contribution in [3.05, 3.63) is 67.3 Å². The second-order valence-electron chi connectivity index (χ2n) is 3.41. The zero-order valence-corrected chi connectivity index (χ0v) is 10.2. The van der Waals surface area contributed by atoms with Crippen LogP contribution in [0.15, 0.2) is 60.7 Å². The molecule has 0 amide bonds. The Kier molecular flexibility index (Phi) is 4.63. The fourth-order valence-corrected chi connectivity index (χ4v) is 3.09. The largest absolute Gasteiger partial charge is 1.00 e. The molecule has 1 nitrogen and oxygen atoms in total. The van der Waals surface area contributed by atoms with Crippen molar-refractivity contribution in [1.82, 2.24) is 0 Å². The summed E-state index contributed by atoms with van der Waals surface area (Å²) in [4.78, 5) is 0. The molecule has 0 atom stereocenters. The van der Waals surface area contributed by atoms with E-state index >= 15 is 0 Å². The maximum absolute atomic E-state index is 12.5. The molecule has 76 valence electrons. The van der Waals surface area contributed by atoms with Crippen LogP contribution in [-0.2, 0) is 4.57 Å². The Morgan fingerprint density at radius 1 is 0.750 bits per heavy atom. The van der Waals surface area contributed by atoms with Gasteiger partial charge in [-0.15, -0.1) is 0 Å². The summed E-state index contributed by atoms with van der Waals surface area (Å²) >= 11 is 0. The van der Waals surface area contributed by atoms with Crippen LogP contribution < -0.4 is 29.5 Å². The van der Waals surface area contributed by atoms with Crippen LogP contribution in [0.3, 0.4) is 0 Å². The molecule has 2 aromatic carbocycles. The van der Waals surface area contributed by atoms with Gasteiger partial charge in [0.05, 0.1) is 0 Å². The van der Waals surface area contributed by atoms with Gasteiger partial charge >= 0.3 is 18.9 Å². The first-order valence-corrected chi connectivity index (χ1v) is 6.66. The Morgan fingerprint density at radius 2 is 1.06 bits per heavy atom. The molecule has 0 aliphatic heterocycles. The summed E-state index contributed by atoms with van der Waals surface area (Å²) in [6.07, 6.45) is 0. The zero-order chi connectivity index (χ0) is 10.7. The molecule has 0 aliphatic rings. The van der Waals surface area contributed by atoms with Crippen LogP contribution in [0.2, 0.25) is 0 Å². The fourth-order valence-electron chi connectivity index (χ4n) is 1.49. The molecular weight excluding hydrogens is 210 g/mol. The number of hydrogen-bond acceptors (Lipinski definition) is 1. The maximum atomic E-state index is 12.5. The van der Waals surface area contributed by atoms with Gasteiger partial charge in [0.15, 0.2) is 0 Å². The second kappa shape index (κ2) is 5.55. The van der Waals surface area contributed by atoms with E-state index in [1.165, 1.54) is 0 Å². The number of benzene rings is 2. The van der Waals surface area contributed by atoms with Crippen molar-refractivity contribution in [3.8, 4) is 0 Å². The van der Waals surface area contributed by atoms with Crippen molar-refractivity contribution in [3.63, 3.8) is 0 Å². The summed E-state index contributed by atoms with van der Waals surface area (Å²) < 4.78 is 12.5. The van der Waals surface area contributed by atoms with E-state index in [1.54, 1.807) is 0 Å². The van der Waals surface area contributed by atoms with Crippen LogP contribution in [0.5, 0.6) is 0 Å². The molecule has 0 radical (unpaired) electrons. The molecule has 0 aromatic heterocycles. The van der Waals surface area contributed by atoms with Gasteiger partial charge in [0.25, 0.3) is 0 Å². The van der Waals surface area contributed by atoms with Crippen LogP contribution in [0, 0.1) is 6.66 Å². The van der Waals surface area contributed by atoms with Crippen molar-refractivity contribution in [2.75, 3.05) is 0 Å². The second-order valence-corrected chi connectivity index (χ2v) is 5.92. The first-order chi connectivity index (χ1) is 7.21. The van der Waals surface area contributed by atoms with E-state index in [1.807, 2.05) is 60.7 Å². The Hall–Kier alpha value is -0.733. The van der Waals surface area contributed by atoms with E-state index in [-0.39, 0.29) is 18.9 Å². The van der Waals surface area contributed by atoms with E-state index in [4.69, 9.17) is 0 Å². The van der Waals surface area contributed by atoms with Crippen LogP contribution in [0.4, 0.5) is 0 Å². The molecule has 0 unspecified atom stereocenters. The predicted octanol–water partition coefficient (Wildman–Crippen LogP) is -0.204. The summed E-state index contributed by atoms with van der Waals surface area (Å²) in [6, 6.07) is 18.8. The molecule has 0 fully saturated rings. The molecule has 0 saturated heterocycles. The molecule has 0 saturated carbocycles. The summed E-state index contributed by atoms with van der Waals surface area (Å²) in [5.74, 6) is 0. The number of hydrogen-bond donors (Lipinski definition) is 0. The normalized spacial score (nSPS) is 10.6. The first kappa shape index (κ1) is 13.3. The molecule has 0 spiro atoms. The topological polar surface area (TPSA) is 17.1 Å². The van der Waals surface area contributed by atoms with Gasteiger partial charge in [-0.05, 0) is 10.6 Å². The quantitative estimate of drug-likeness (QED) is 0.390. The predicted molar refractivity (Wildman–Crippen MR) is 65.1 cm³/mol. The monoisotopic (exact) mass is 222 g/mol. The molecule has 0 heterocycles. The third-order valence-electron chi connectivity index (χ3n) is 2.35. The van der Waals surface area contributed by atoms with Crippen molar-refractivity contribution in [2.45, 2.75) is 0 Å². The number of rotatable bonds is 2. The first-order valence-electron chi connectivity index (χ1n) is 4.77. The Balaban J connectivity index is 0.00000128. The fraction of sp³-hybridized carbons (Fsp3) is 0.